The van der Waals surface area contributed by atoms with E-state index in [-0.39, 0.29) is 5.56 Å². The number of rotatable bonds is 7. The molecule has 4 aromatic rings. The van der Waals surface area contributed by atoms with Gasteiger partial charge in [-0.1, -0.05) is 0 Å². The van der Waals surface area contributed by atoms with Gasteiger partial charge in [-0.05, 0) is 42.8 Å². The van der Waals surface area contributed by atoms with Gasteiger partial charge in [0.05, 0.1) is 38.1 Å². The van der Waals surface area contributed by atoms with Crippen molar-refractivity contribution in [1.82, 2.24) is 19.7 Å². The highest BCUT2D eigenvalue weighted by atomic mass is 16.5. The molecule has 1 fully saturated rings. The molecule has 2 aromatic heterocycles. The van der Waals surface area contributed by atoms with E-state index in [9.17, 15) is 4.79 Å². The molecule has 9 heteroatoms. The lowest BCUT2D eigenvalue weighted by Gasteiger charge is -2.26. The van der Waals surface area contributed by atoms with Gasteiger partial charge in [-0.2, -0.15) is 5.10 Å². The first-order chi connectivity index (χ1) is 16.1. The third kappa shape index (κ3) is 4.24. The molecule has 0 aliphatic carbocycles. The molecule has 1 aliphatic rings. The first kappa shape index (κ1) is 21.3. The fourth-order valence-corrected chi connectivity index (χ4v) is 4.17. The molecule has 172 valence electrons. The molecular formula is C24H27N5O4. The SMILES string of the molecule is COc1ccc(-n2nc3c(c2N)c(=O)[nH]c2cc(OCCCN4CCOCC4)ccc23)cc1. The maximum atomic E-state index is 12.8. The minimum absolute atomic E-state index is 0.278. The van der Waals surface area contributed by atoms with Crippen LogP contribution >= 0.6 is 0 Å². The fourth-order valence-electron chi connectivity index (χ4n) is 4.17. The second kappa shape index (κ2) is 9.13. The summed E-state index contributed by atoms with van der Waals surface area (Å²) < 4.78 is 18.1. The largest absolute Gasteiger partial charge is 0.497 e. The van der Waals surface area contributed by atoms with Gasteiger partial charge in [0.2, 0.25) is 0 Å². The number of aromatic amines is 1. The third-order valence-corrected chi connectivity index (χ3v) is 5.95. The smallest absolute Gasteiger partial charge is 0.261 e. The summed E-state index contributed by atoms with van der Waals surface area (Å²) in [7, 11) is 1.61. The number of morpholine rings is 1. The van der Waals surface area contributed by atoms with Crippen LogP contribution in [0.2, 0.25) is 0 Å². The van der Waals surface area contributed by atoms with Crippen molar-refractivity contribution in [2.45, 2.75) is 6.42 Å². The van der Waals surface area contributed by atoms with E-state index >= 15 is 0 Å². The Morgan fingerprint density at radius 3 is 2.64 bits per heavy atom. The number of nitrogens with one attached hydrogen (secondary N) is 1. The summed E-state index contributed by atoms with van der Waals surface area (Å²) in [6.07, 6.45) is 0.927. The number of benzene rings is 2. The Balaban J connectivity index is 1.39. The Bertz CT molecular complexity index is 1320. The zero-order valence-electron chi connectivity index (χ0n) is 18.5. The molecule has 5 rings (SSSR count). The first-order valence-corrected chi connectivity index (χ1v) is 11.1. The molecule has 0 saturated carbocycles. The van der Waals surface area contributed by atoms with Crippen LogP contribution in [0.5, 0.6) is 11.5 Å². The van der Waals surface area contributed by atoms with Crippen LogP contribution in [-0.2, 0) is 4.74 Å². The molecule has 3 N–H and O–H groups in total. The van der Waals surface area contributed by atoms with E-state index in [1.165, 1.54) is 0 Å². The predicted molar refractivity (Wildman–Crippen MR) is 128 cm³/mol. The van der Waals surface area contributed by atoms with Gasteiger partial charge in [0.25, 0.3) is 5.56 Å². The number of hydrogen-bond donors (Lipinski definition) is 2. The van der Waals surface area contributed by atoms with Crippen LogP contribution < -0.4 is 20.8 Å². The predicted octanol–water partition coefficient (Wildman–Crippen LogP) is 2.56. The number of fused-ring (bicyclic) bond motifs is 3. The number of nitrogens with two attached hydrogens (primary N) is 1. The third-order valence-electron chi connectivity index (χ3n) is 5.95. The molecule has 2 aromatic carbocycles. The van der Waals surface area contributed by atoms with Crippen molar-refractivity contribution < 1.29 is 14.2 Å². The molecule has 0 unspecified atom stereocenters. The second-order valence-corrected chi connectivity index (χ2v) is 8.04. The van der Waals surface area contributed by atoms with Gasteiger partial charge in [-0.25, -0.2) is 4.68 Å². The lowest BCUT2D eigenvalue weighted by atomic mass is 10.1. The molecule has 0 amide bonds. The normalized spacial score (nSPS) is 14.7. The van der Waals surface area contributed by atoms with Crippen LogP contribution in [0, 0.1) is 0 Å². The number of aromatic nitrogens is 3. The van der Waals surface area contributed by atoms with Crippen molar-refractivity contribution in [1.29, 1.82) is 0 Å². The maximum Gasteiger partial charge on any atom is 0.261 e. The van der Waals surface area contributed by atoms with E-state index in [4.69, 9.17) is 19.9 Å². The van der Waals surface area contributed by atoms with Crippen LogP contribution in [0.4, 0.5) is 5.82 Å². The van der Waals surface area contributed by atoms with Crippen molar-refractivity contribution in [3.05, 3.63) is 52.8 Å². The van der Waals surface area contributed by atoms with E-state index in [1.54, 1.807) is 11.8 Å². The number of H-pyrrole nitrogens is 1. The Kier molecular flexibility index (Phi) is 5.89. The molecule has 1 aliphatic heterocycles. The van der Waals surface area contributed by atoms with Crippen molar-refractivity contribution in [2.24, 2.45) is 0 Å². The number of hydrogen-bond acceptors (Lipinski definition) is 7. The van der Waals surface area contributed by atoms with E-state index < -0.39 is 0 Å². The number of pyridine rings is 1. The molecule has 0 bridgehead atoms. The average molecular weight is 450 g/mol. The molecule has 0 radical (unpaired) electrons. The quantitative estimate of drug-likeness (QED) is 0.418. The number of anilines is 1. The van der Waals surface area contributed by atoms with Crippen LogP contribution in [0.15, 0.2) is 47.3 Å². The van der Waals surface area contributed by atoms with Crippen LogP contribution in [0.3, 0.4) is 0 Å². The van der Waals surface area contributed by atoms with Gasteiger partial charge in [0.1, 0.15) is 28.2 Å². The van der Waals surface area contributed by atoms with Gasteiger partial charge >= 0.3 is 0 Å². The summed E-state index contributed by atoms with van der Waals surface area (Å²) in [6.45, 7) is 5.13. The van der Waals surface area contributed by atoms with Crippen molar-refractivity contribution in [2.75, 3.05) is 52.3 Å². The van der Waals surface area contributed by atoms with E-state index in [0.717, 1.165) is 56.1 Å². The van der Waals surface area contributed by atoms with E-state index in [2.05, 4.69) is 15.0 Å². The van der Waals surface area contributed by atoms with Gasteiger partial charge in [0.15, 0.2) is 0 Å². The molecule has 0 spiro atoms. The van der Waals surface area contributed by atoms with Crippen molar-refractivity contribution in [3.63, 3.8) is 0 Å². The zero-order valence-corrected chi connectivity index (χ0v) is 18.5. The Hall–Kier alpha value is -3.56. The summed E-state index contributed by atoms with van der Waals surface area (Å²) in [5.41, 5.74) is 8.01. The summed E-state index contributed by atoms with van der Waals surface area (Å²) in [6, 6.07) is 13.0. The summed E-state index contributed by atoms with van der Waals surface area (Å²) >= 11 is 0. The van der Waals surface area contributed by atoms with Crippen molar-refractivity contribution in [3.8, 4) is 17.2 Å². The topological polar surface area (TPSA) is 108 Å². The lowest BCUT2D eigenvalue weighted by molar-refractivity contribution is 0.0358. The molecule has 3 heterocycles. The fraction of sp³-hybridized carbons (Fsp3) is 0.333. The van der Waals surface area contributed by atoms with Crippen molar-refractivity contribution >= 4 is 27.6 Å². The highest BCUT2D eigenvalue weighted by Gasteiger charge is 2.17. The first-order valence-electron chi connectivity index (χ1n) is 11.1. The van der Waals surface area contributed by atoms with E-state index in [1.807, 2.05) is 42.5 Å². The Labute approximate surface area is 190 Å². The van der Waals surface area contributed by atoms with Gasteiger partial charge in [0, 0.05) is 31.1 Å². The summed E-state index contributed by atoms with van der Waals surface area (Å²) in [5.74, 6) is 1.73. The van der Waals surface area contributed by atoms with Crippen LogP contribution in [0.25, 0.3) is 27.5 Å². The molecule has 0 atom stereocenters. The number of methoxy groups -OCH3 is 1. The lowest BCUT2D eigenvalue weighted by Crippen LogP contribution is -2.37. The Morgan fingerprint density at radius 2 is 1.88 bits per heavy atom. The van der Waals surface area contributed by atoms with E-state index in [0.29, 0.717) is 34.6 Å². The summed E-state index contributed by atoms with van der Waals surface area (Å²) in [4.78, 5) is 18.1. The molecular weight excluding hydrogens is 422 g/mol. The molecule has 33 heavy (non-hydrogen) atoms. The minimum atomic E-state index is -0.278. The number of ether oxygens (including phenoxy) is 3. The van der Waals surface area contributed by atoms with Gasteiger partial charge < -0.3 is 24.9 Å². The van der Waals surface area contributed by atoms with Crippen LogP contribution in [0.1, 0.15) is 6.42 Å². The second-order valence-electron chi connectivity index (χ2n) is 8.04. The van der Waals surface area contributed by atoms with Crippen LogP contribution in [-0.4, -0.2) is 66.2 Å². The zero-order chi connectivity index (χ0) is 22.8. The average Bonchev–Trinajstić information content (AvgIpc) is 3.20. The number of nitrogen functional groups attached to an aromatic ring is 1. The molecule has 1 saturated heterocycles. The van der Waals surface area contributed by atoms with Gasteiger partial charge in [-0.3, -0.25) is 9.69 Å². The Morgan fingerprint density at radius 1 is 1.12 bits per heavy atom. The number of nitrogens with zero attached hydrogens (tertiary/aromatic N) is 3. The highest BCUT2D eigenvalue weighted by molar-refractivity contribution is 6.07. The standard InChI is InChI=1S/C24H27N5O4/c1-31-17-5-3-16(4-6-17)29-23(25)21-22(27-29)19-8-7-18(15-20(19)26-24(21)30)33-12-2-9-28-10-13-32-14-11-28/h3-8,15H,2,9-14,25H2,1H3,(H,26,30). The summed E-state index contributed by atoms with van der Waals surface area (Å²) in [5, 5.41) is 5.84. The monoisotopic (exact) mass is 449 g/mol. The molecule has 9 nitrogen and oxygen atoms in total. The van der Waals surface area contributed by atoms with Gasteiger partial charge in [-0.15, -0.1) is 0 Å². The minimum Gasteiger partial charge on any atom is -0.497 e. The maximum absolute atomic E-state index is 12.8. The highest BCUT2D eigenvalue weighted by Crippen LogP contribution is 2.29.